The molecule has 1 heterocycles. The van der Waals surface area contributed by atoms with Crippen molar-refractivity contribution in [2.24, 2.45) is 0 Å². The molecule has 2 N–H and O–H groups in total. The Labute approximate surface area is 83.1 Å². The number of aromatic nitrogens is 1. The lowest BCUT2D eigenvalue weighted by molar-refractivity contribution is 0.723. The molecule has 3 heteroatoms. The fourth-order valence-corrected chi connectivity index (χ4v) is 2.33. The maximum Gasteiger partial charge on any atom is 0.126 e. The molecule has 0 saturated heterocycles. The molecule has 0 aromatic carbocycles. The van der Waals surface area contributed by atoms with E-state index in [1.807, 2.05) is 6.07 Å². The minimum Gasteiger partial charge on any atom is -0.383 e. The minimum absolute atomic E-state index is 0.324. The maximum atomic E-state index is 6.05. The number of hydrogen-bond donors (Lipinski definition) is 1. The fourth-order valence-electron chi connectivity index (χ4n) is 1.98. The van der Waals surface area contributed by atoms with Crippen LogP contribution in [0.25, 0.3) is 0 Å². The number of nitrogens with zero attached hydrogens (tertiary/aromatic N) is 1. The Kier molecular flexibility index (Phi) is 2.40. The van der Waals surface area contributed by atoms with E-state index >= 15 is 0 Å². The fraction of sp³-hybridized carbons (Fsp3) is 0.500. The van der Waals surface area contributed by atoms with E-state index in [1.54, 1.807) is 6.20 Å². The van der Waals surface area contributed by atoms with E-state index in [2.05, 4.69) is 11.1 Å². The molecule has 1 aliphatic rings. The van der Waals surface area contributed by atoms with Gasteiger partial charge in [0.25, 0.3) is 0 Å². The van der Waals surface area contributed by atoms with Gasteiger partial charge in [-0.3, -0.25) is 0 Å². The van der Waals surface area contributed by atoms with E-state index in [9.17, 15) is 0 Å². The number of nitrogen functional groups attached to an aromatic ring is 1. The Balaban J connectivity index is 2.21. The number of hydrogen-bond acceptors (Lipinski definition) is 2. The summed E-state index contributed by atoms with van der Waals surface area (Å²) in [7, 11) is 0. The van der Waals surface area contributed by atoms with Crippen LogP contribution in [-0.2, 0) is 0 Å². The lowest BCUT2D eigenvalue weighted by Gasteiger charge is -2.10. The number of anilines is 1. The second kappa shape index (κ2) is 3.54. The highest BCUT2D eigenvalue weighted by Crippen LogP contribution is 2.38. The van der Waals surface area contributed by atoms with Gasteiger partial charge >= 0.3 is 0 Å². The van der Waals surface area contributed by atoms with Crippen LogP contribution >= 0.6 is 11.6 Å². The molecule has 2 atom stereocenters. The van der Waals surface area contributed by atoms with Crippen LogP contribution in [0.1, 0.15) is 30.7 Å². The monoisotopic (exact) mass is 196 g/mol. The third-order valence-corrected chi connectivity index (χ3v) is 3.08. The molecule has 0 radical (unpaired) electrons. The highest BCUT2D eigenvalue weighted by Gasteiger charge is 2.25. The third-order valence-electron chi connectivity index (χ3n) is 2.68. The Bertz CT molecular complexity index is 301. The van der Waals surface area contributed by atoms with Crippen LogP contribution in [0, 0.1) is 0 Å². The molecule has 13 heavy (non-hydrogen) atoms. The predicted octanol–water partition coefficient (Wildman–Crippen LogP) is 2.54. The largest absolute Gasteiger partial charge is 0.383 e. The molecule has 0 spiro atoms. The smallest absolute Gasteiger partial charge is 0.126 e. The second-order valence-electron chi connectivity index (χ2n) is 3.59. The molecule has 70 valence electrons. The standard InChI is InChI=1S/C10H13ClN2/c11-8-4-3-7(6-8)9-2-1-5-13-10(9)12/h1-2,5,7-8H,3-4,6H2,(H2,12,13). The first-order chi connectivity index (χ1) is 6.27. The lowest BCUT2D eigenvalue weighted by atomic mass is 9.99. The highest BCUT2D eigenvalue weighted by atomic mass is 35.5. The van der Waals surface area contributed by atoms with Gasteiger partial charge in [-0.2, -0.15) is 0 Å². The summed E-state index contributed by atoms with van der Waals surface area (Å²) in [4.78, 5) is 4.08. The summed E-state index contributed by atoms with van der Waals surface area (Å²) >= 11 is 6.05. The van der Waals surface area contributed by atoms with Crippen LogP contribution in [0.2, 0.25) is 0 Å². The van der Waals surface area contributed by atoms with Crippen molar-refractivity contribution >= 4 is 17.4 Å². The molecule has 1 aromatic heterocycles. The molecule has 0 amide bonds. The molecule has 1 aliphatic carbocycles. The summed E-state index contributed by atoms with van der Waals surface area (Å²) in [6.45, 7) is 0. The number of alkyl halides is 1. The number of rotatable bonds is 1. The topological polar surface area (TPSA) is 38.9 Å². The summed E-state index contributed by atoms with van der Waals surface area (Å²) in [6, 6.07) is 4.00. The number of halogens is 1. The molecular weight excluding hydrogens is 184 g/mol. The number of nitrogens with two attached hydrogens (primary N) is 1. The van der Waals surface area contributed by atoms with Crippen molar-refractivity contribution in [3.8, 4) is 0 Å². The molecule has 1 fully saturated rings. The Morgan fingerprint density at radius 2 is 2.31 bits per heavy atom. The summed E-state index contributed by atoms with van der Waals surface area (Å²) in [5.41, 5.74) is 6.96. The Morgan fingerprint density at radius 3 is 2.92 bits per heavy atom. The van der Waals surface area contributed by atoms with E-state index in [-0.39, 0.29) is 0 Å². The average Bonchev–Trinajstić information content (AvgIpc) is 2.53. The van der Waals surface area contributed by atoms with Crippen molar-refractivity contribution in [1.82, 2.24) is 4.98 Å². The summed E-state index contributed by atoms with van der Waals surface area (Å²) in [5, 5.41) is 0.324. The van der Waals surface area contributed by atoms with Crippen LogP contribution < -0.4 is 5.73 Å². The van der Waals surface area contributed by atoms with Gasteiger partial charge in [-0.25, -0.2) is 4.98 Å². The first-order valence-corrected chi connectivity index (χ1v) is 5.05. The molecule has 2 rings (SSSR count). The van der Waals surface area contributed by atoms with Gasteiger partial charge in [-0.15, -0.1) is 11.6 Å². The normalized spacial score (nSPS) is 27.8. The van der Waals surface area contributed by atoms with E-state index < -0.39 is 0 Å². The Hall–Kier alpha value is -0.760. The van der Waals surface area contributed by atoms with Crippen molar-refractivity contribution in [3.63, 3.8) is 0 Å². The molecule has 0 aliphatic heterocycles. The molecule has 1 saturated carbocycles. The summed E-state index contributed by atoms with van der Waals surface area (Å²) in [6.07, 6.45) is 5.01. The van der Waals surface area contributed by atoms with Crippen molar-refractivity contribution in [1.29, 1.82) is 0 Å². The van der Waals surface area contributed by atoms with Crippen LogP contribution in [-0.4, -0.2) is 10.4 Å². The van der Waals surface area contributed by atoms with Gasteiger partial charge in [0.2, 0.25) is 0 Å². The summed E-state index contributed by atoms with van der Waals surface area (Å²) in [5.74, 6) is 1.19. The van der Waals surface area contributed by atoms with Gasteiger partial charge in [0.15, 0.2) is 0 Å². The van der Waals surface area contributed by atoms with Crippen LogP contribution in [0.3, 0.4) is 0 Å². The van der Waals surface area contributed by atoms with Gasteiger partial charge in [-0.05, 0) is 36.8 Å². The van der Waals surface area contributed by atoms with E-state index in [4.69, 9.17) is 17.3 Å². The van der Waals surface area contributed by atoms with Crippen LogP contribution in [0.15, 0.2) is 18.3 Å². The van der Waals surface area contributed by atoms with Gasteiger partial charge in [-0.1, -0.05) is 6.07 Å². The van der Waals surface area contributed by atoms with Crippen molar-refractivity contribution in [3.05, 3.63) is 23.9 Å². The van der Waals surface area contributed by atoms with E-state index in [1.165, 1.54) is 5.56 Å². The van der Waals surface area contributed by atoms with E-state index in [0.717, 1.165) is 19.3 Å². The van der Waals surface area contributed by atoms with Gasteiger partial charge in [0, 0.05) is 11.6 Å². The minimum atomic E-state index is 0.324. The SMILES string of the molecule is Nc1ncccc1C1CCC(Cl)C1. The first kappa shape index (κ1) is 8.82. The van der Waals surface area contributed by atoms with Crippen LogP contribution in [0.5, 0.6) is 0 Å². The number of pyridine rings is 1. The Morgan fingerprint density at radius 1 is 1.46 bits per heavy atom. The predicted molar refractivity (Wildman–Crippen MR) is 54.9 cm³/mol. The molecule has 0 bridgehead atoms. The molecular formula is C10H13ClN2. The van der Waals surface area contributed by atoms with Gasteiger partial charge in [0.1, 0.15) is 5.82 Å². The molecule has 2 nitrogen and oxygen atoms in total. The van der Waals surface area contributed by atoms with Crippen molar-refractivity contribution < 1.29 is 0 Å². The van der Waals surface area contributed by atoms with Gasteiger partial charge < -0.3 is 5.73 Å². The van der Waals surface area contributed by atoms with Gasteiger partial charge in [0.05, 0.1) is 0 Å². The zero-order valence-corrected chi connectivity index (χ0v) is 8.17. The quantitative estimate of drug-likeness (QED) is 0.702. The van der Waals surface area contributed by atoms with Crippen molar-refractivity contribution in [2.75, 3.05) is 5.73 Å². The highest BCUT2D eigenvalue weighted by molar-refractivity contribution is 6.20. The van der Waals surface area contributed by atoms with Crippen molar-refractivity contribution in [2.45, 2.75) is 30.6 Å². The first-order valence-electron chi connectivity index (χ1n) is 4.62. The third kappa shape index (κ3) is 1.78. The van der Waals surface area contributed by atoms with Crippen LogP contribution in [0.4, 0.5) is 5.82 Å². The lowest BCUT2D eigenvalue weighted by Crippen LogP contribution is -2.01. The maximum absolute atomic E-state index is 6.05. The van der Waals surface area contributed by atoms with E-state index in [0.29, 0.717) is 17.1 Å². The second-order valence-corrected chi connectivity index (χ2v) is 4.20. The zero-order chi connectivity index (χ0) is 9.26. The molecule has 2 unspecified atom stereocenters. The average molecular weight is 197 g/mol. The zero-order valence-electron chi connectivity index (χ0n) is 7.41. The summed E-state index contributed by atoms with van der Waals surface area (Å²) < 4.78 is 0. The molecule has 1 aromatic rings.